The fraction of sp³-hybridized carbons (Fsp3) is 0. The van der Waals surface area contributed by atoms with Crippen LogP contribution in [0.1, 0.15) is 0 Å². The molecule has 54 heavy (non-hydrogen) atoms. The van der Waals surface area contributed by atoms with E-state index in [0.717, 1.165) is 49.1 Å². The molecule has 250 valence electrons. The molecule has 0 fully saturated rings. The van der Waals surface area contributed by atoms with Gasteiger partial charge in [0.15, 0.2) is 17.5 Å². The van der Waals surface area contributed by atoms with E-state index in [2.05, 4.69) is 152 Å². The summed E-state index contributed by atoms with van der Waals surface area (Å²) in [5, 5.41) is 13.0. The van der Waals surface area contributed by atoms with Crippen molar-refractivity contribution in [2.24, 2.45) is 0 Å². The van der Waals surface area contributed by atoms with E-state index in [-0.39, 0.29) is 0 Å². The monoisotopic (exact) mass is 686 g/mol. The van der Waals surface area contributed by atoms with Gasteiger partial charge in [0.25, 0.3) is 0 Å². The highest BCUT2D eigenvalue weighted by Crippen LogP contribution is 2.41. The summed E-state index contributed by atoms with van der Waals surface area (Å²) in [5.41, 5.74) is 6.14. The van der Waals surface area contributed by atoms with E-state index in [0.29, 0.717) is 17.5 Å². The number of nitrogens with zero attached hydrogens (tertiary/aromatic N) is 4. The van der Waals surface area contributed by atoms with E-state index >= 15 is 0 Å². The minimum absolute atomic E-state index is 0.627. The maximum absolute atomic E-state index is 5.27. The van der Waals surface area contributed by atoms with Crippen LogP contribution < -0.4 is 0 Å². The van der Waals surface area contributed by atoms with Crippen LogP contribution in [0.2, 0.25) is 0 Å². The summed E-state index contributed by atoms with van der Waals surface area (Å²) in [6, 6.07) is 62.2. The summed E-state index contributed by atoms with van der Waals surface area (Å²) < 4.78 is 0. The fourth-order valence-corrected chi connectivity index (χ4v) is 8.26. The molecule has 11 aromatic rings. The highest BCUT2D eigenvalue weighted by Gasteiger charge is 2.19. The van der Waals surface area contributed by atoms with Crippen molar-refractivity contribution in [2.75, 3.05) is 0 Å². The van der Waals surface area contributed by atoms with Crippen LogP contribution in [-0.4, -0.2) is 19.9 Å². The predicted molar refractivity (Wildman–Crippen MR) is 224 cm³/mol. The number of benzene rings is 9. The molecule has 2 heterocycles. The third-order valence-corrected chi connectivity index (χ3v) is 10.7. The number of fused-ring (bicyclic) bond motifs is 10. The van der Waals surface area contributed by atoms with Crippen molar-refractivity contribution < 1.29 is 0 Å². The van der Waals surface area contributed by atoms with Crippen LogP contribution in [0.3, 0.4) is 0 Å². The van der Waals surface area contributed by atoms with Gasteiger partial charge in [0, 0.05) is 33.7 Å². The molecule has 0 aliphatic rings. The molecule has 9 aromatic carbocycles. The van der Waals surface area contributed by atoms with Crippen molar-refractivity contribution in [2.45, 2.75) is 0 Å². The zero-order valence-corrected chi connectivity index (χ0v) is 29.1. The highest BCUT2D eigenvalue weighted by molar-refractivity contribution is 6.26. The Morgan fingerprint density at radius 1 is 0.278 bits per heavy atom. The normalized spacial score (nSPS) is 11.7. The zero-order valence-electron chi connectivity index (χ0n) is 29.1. The van der Waals surface area contributed by atoms with E-state index in [1.165, 1.54) is 43.4 Å². The molecule has 0 unspecified atom stereocenters. The Balaban J connectivity index is 1.14. The Labute approximate surface area is 311 Å². The topological polar surface area (TPSA) is 51.6 Å². The van der Waals surface area contributed by atoms with Gasteiger partial charge < -0.3 is 0 Å². The standard InChI is InChI=1S/C50H30N4/c1-2-13-31(14-3-1)48-52-49(54-50(53-48)46-30-33-15-12-28-51-47(33)43-23-11-10-22-41(43)46)44-27-26-34(35-16-4-8-20-39(35)44)32-24-25-42-38-19-6-5-17-36(38)37-18-7-9-21-40(37)45(42)29-32/h1-30H. The Kier molecular flexibility index (Phi) is 6.82. The van der Waals surface area contributed by atoms with Gasteiger partial charge in [-0.2, -0.15) is 0 Å². The first-order valence-corrected chi connectivity index (χ1v) is 18.2. The van der Waals surface area contributed by atoms with Gasteiger partial charge in [-0.15, -0.1) is 0 Å². The van der Waals surface area contributed by atoms with Crippen LogP contribution >= 0.6 is 0 Å². The van der Waals surface area contributed by atoms with Gasteiger partial charge in [0.2, 0.25) is 0 Å². The van der Waals surface area contributed by atoms with Crippen LogP contribution in [0.15, 0.2) is 182 Å². The third-order valence-electron chi connectivity index (χ3n) is 10.7. The summed E-state index contributed by atoms with van der Waals surface area (Å²) in [4.78, 5) is 20.3. The third kappa shape index (κ3) is 4.78. The molecule has 0 saturated heterocycles. The fourth-order valence-electron chi connectivity index (χ4n) is 8.26. The lowest BCUT2D eigenvalue weighted by atomic mass is 9.90. The van der Waals surface area contributed by atoms with Crippen molar-refractivity contribution in [1.82, 2.24) is 19.9 Å². The smallest absolute Gasteiger partial charge is 0.164 e. The van der Waals surface area contributed by atoms with Crippen molar-refractivity contribution in [3.05, 3.63) is 182 Å². The van der Waals surface area contributed by atoms with E-state index in [9.17, 15) is 0 Å². The number of hydrogen-bond acceptors (Lipinski definition) is 4. The van der Waals surface area contributed by atoms with Crippen LogP contribution in [0.25, 0.3) is 110 Å². The van der Waals surface area contributed by atoms with Gasteiger partial charge in [-0.05, 0) is 83.9 Å². The van der Waals surface area contributed by atoms with Crippen LogP contribution in [0, 0.1) is 0 Å². The molecular formula is C50H30N4. The lowest BCUT2D eigenvalue weighted by Gasteiger charge is -2.15. The van der Waals surface area contributed by atoms with Crippen LogP contribution in [0.5, 0.6) is 0 Å². The average Bonchev–Trinajstić information content (AvgIpc) is 3.26. The summed E-state index contributed by atoms with van der Waals surface area (Å²) in [6.07, 6.45) is 1.85. The number of pyridine rings is 1. The van der Waals surface area contributed by atoms with Crippen LogP contribution in [-0.2, 0) is 0 Å². The van der Waals surface area contributed by atoms with Gasteiger partial charge in [0.05, 0.1) is 5.52 Å². The second-order valence-electron chi connectivity index (χ2n) is 13.8. The molecule has 0 atom stereocenters. The first-order chi connectivity index (χ1) is 26.8. The van der Waals surface area contributed by atoms with Crippen LogP contribution in [0.4, 0.5) is 0 Å². The Morgan fingerprint density at radius 3 is 1.46 bits per heavy atom. The molecule has 0 saturated carbocycles. The predicted octanol–water partition coefficient (Wildman–Crippen LogP) is 12.9. The SMILES string of the molecule is c1ccc(-c2nc(-c3ccc(-c4ccc5c6ccccc6c6ccccc6c5c4)c4ccccc34)nc(-c3cc4cccnc4c4ccccc34)n2)cc1. The molecule has 2 aromatic heterocycles. The molecule has 4 heteroatoms. The van der Waals surface area contributed by atoms with Crippen molar-refractivity contribution in [3.8, 4) is 45.3 Å². The van der Waals surface area contributed by atoms with Crippen molar-refractivity contribution >= 4 is 64.8 Å². The molecule has 0 bridgehead atoms. The van der Waals surface area contributed by atoms with Gasteiger partial charge in [-0.1, -0.05) is 152 Å². The first-order valence-electron chi connectivity index (χ1n) is 18.2. The molecule has 11 rings (SSSR count). The Hall–Kier alpha value is -7.30. The van der Waals surface area contributed by atoms with E-state index in [1.54, 1.807) is 0 Å². The van der Waals surface area contributed by atoms with E-state index < -0.39 is 0 Å². The maximum Gasteiger partial charge on any atom is 0.164 e. The second-order valence-corrected chi connectivity index (χ2v) is 13.8. The first kappa shape index (κ1) is 30.3. The van der Waals surface area contributed by atoms with Crippen molar-refractivity contribution in [1.29, 1.82) is 0 Å². The molecule has 0 N–H and O–H groups in total. The summed E-state index contributed by atoms with van der Waals surface area (Å²) >= 11 is 0. The summed E-state index contributed by atoms with van der Waals surface area (Å²) in [6.45, 7) is 0. The molecular weight excluding hydrogens is 657 g/mol. The minimum atomic E-state index is 0.627. The number of hydrogen-bond donors (Lipinski definition) is 0. The molecule has 0 amide bonds. The maximum atomic E-state index is 5.27. The molecule has 4 nitrogen and oxygen atoms in total. The minimum Gasteiger partial charge on any atom is -0.256 e. The number of aromatic nitrogens is 4. The second kappa shape index (κ2) is 12.1. The van der Waals surface area contributed by atoms with Crippen molar-refractivity contribution in [3.63, 3.8) is 0 Å². The average molecular weight is 687 g/mol. The quantitative estimate of drug-likeness (QED) is 0.173. The number of rotatable bonds is 4. The van der Waals surface area contributed by atoms with Gasteiger partial charge in [-0.25, -0.2) is 15.0 Å². The molecule has 0 aliphatic heterocycles. The largest absolute Gasteiger partial charge is 0.256 e. The van der Waals surface area contributed by atoms with E-state index in [4.69, 9.17) is 19.9 Å². The lowest BCUT2D eigenvalue weighted by molar-refractivity contribution is 1.08. The highest BCUT2D eigenvalue weighted by atomic mass is 15.0. The summed E-state index contributed by atoms with van der Waals surface area (Å²) in [5.74, 6) is 1.89. The molecule has 0 aliphatic carbocycles. The summed E-state index contributed by atoms with van der Waals surface area (Å²) in [7, 11) is 0. The molecule has 0 radical (unpaired) electrons. The van der Waals surface area contributed by atoms with Gasteiger partial charge in [0.1, 0.15) is 0 Å². The van der Waals surface area contributed by atoms with Gasteiger partial charge >= 0.3 is 0 Å². The van der Waals surface area contributed by atoms with E-state index in [1.807, 2.05) is 30.5 Å². The zero-order chi connectivity index (χ0) is 35.6. The Bertz CT molecular complexity index is 3240. The lowest BCUT2D eigenvalue weighted by Crippen LogP contribution is -2.01. The molecule has 0 spiro atoms. The van der Waals surface area contributed by atoms with Gasteiger partial charge in [-0.3, -0.25) is 4.98 Å². The Morgan fingerprint density at radius 2 is 0.778 bits per heavy atom.